The van der Waals surface area contributed by atoms with Crippen molar-refractivity contribution in [2.75, 3.05) is 18.2 Å². The standard InChI is InChI=1S/C18H18ClNO4S/c1-12(24-14-9-7-13(19)8-10-14)18(22)23-11-17(21)20-15-5-3-4-6-16(15)25-2/h3-10,12H,11H2,1-2H3,(H,20,21)/t12-/m0/s1. The van der Waals surface area contributed by atoms with E-state index in [4.69, 9.17) is 21.1 Å². The fourth-order valence-corrected chi connectivity index (χ4v) is 2.63. The zero-order valence-electron chi connectivity index (χ0n) is 13.8. The van der Waals surface area contributed by atoms with Crippen molar-refractivity contribution in [3.05, 3.63) is 53.6 Å². The zero-order valence-corrected chi connectivity index (χ0v) is 15.4. The summed E-state index contributed by atoms with van der Waals surface area (Å²) >= 11 is 7.31. The van der Waals surface area contributed by atoms with Crippen molar-refractivity contribution in [2.45, 2.75) is 17.9 Å². The van der Waals surface area contributed by atoms with Gasteiger partial charge >= 0.3 is 5.97 Å². The second kappa shape index (κ2) is 9.34. The summed E-state index contributed by atoms with van der Waals surface area (Å²) in [6.45, 7) is 1.17. The summed E-state index contributed by atoms with van der Waals surface area (Å²) in [6.07, 6.45) is 1.08. The van der Waals surface area contributed by atoms with Crippen molar-refractivity contribution in [2.24, 2.45) is 0 Å². The first-order chi connectivity index (χ1) is 12.0. The van der Waals surface area contributed by atoms with Gasteiger partial charge in [0.15, 0.2) is 12.7 Å². The summed E-state index contributed by atoms with van der Waals surface area (Å²) < 4.78 is 10.4. The van der Waals surface area contributed by atoms with Crippen LogP contribution in [0.5, 0.6) is 5.75 Å². The van der Waals surface area contributed by atoms with Gasteiger partial charge in [0.1, 0.15) is 5.75 Å². The lowest BCUT2D eigenvalue weighted by Gasteiger charge is -2.14. The second-order valence-corrected chi connectivity index (χ2v) is 6.35. The molecule has 0 radical (unpaired) electrons. The van der Waals surface area contributed by atoms with Crippen LogP contribution in [0, 0.1) is 0 Å². The van der Waals surface area contributed by atoms with E-state index in [1.165, 1.54) is 11.8 Å². The number of anilines is 1. The van der Waals surface area contributed by atoms with Crippen LogP contribution in [0.2, 0.25) is 5.02 Å². The Morgan fingerprint density at radius 1 is 1.16 bits per heavy atom. The maximum Gasteiger partial charge on any atom is 0.347 e. The van der Waals surface area contributed by atoms with Gasteiger partial charge in [-0.05, 0) is 49.6 Å². The highest BCUT2D eigenvalue weighted by molar-refractivity contribution is 7.98. The lowest BCUT2D eigenvalue weighted by molar-refractivity contribution is -0.153. The number of carbonyl (C=O) groups excluding carboxylic acids is 2. The van der Waals surface area contributed by atoms with Crippen LogP contribution < -0.4 is 10.1 Å². The van der Waals surface area contributed by atoms with Crippen molar-refractivity contribution in [1.29, 1.82) is 0 Å². The van der Waals surface area contributed by atoms with E-state index in [1.54, 1.807) is 37.3 Å². The number of carbonyl (C=O) groups is 2. The van der Waals surface area contributed by atoms with E-state index in [2.05, 4.69) is 5.32 Å². The molecule has 0 saturated carbocycles. The van der Waals surface area contributed by atoms with Crippen molar-refractivity contribution < 1.29 is 19.1 Å². The average Bonchev–Trinajstić information content (AvgIpc) is 2.62. The molecule has 2 rings (SSSR count). The molecule has 0 aromatic heterocycles. The smallest absolute Gasteiger partial charge is 0.347 e. The van der Waals surface area contributed by atoms with Crippen molar-refractivity contribution in [1.82, 2.24) is 0 Å². The van der Waals surface area contributed by atoms with Gasteiger partial charge in [-0.2, -0.15) is 0 Å². The van der Waals surface area contributed by atoms with E-state index in [0.29, 0.717) is 16.5 Å². The summed E-state index contributed by atoms with van der Waals surface area (Å²) in [4.78, 5) is 24.8. The molecule has 0 unspecified atom stereocenters. The van der Waals surface area contributed by atoms with Gasteiger partial charge in [-0.3, -0.25) is 4.79 Å². The minimum absolute atomic E-state index is 0.379. The lowest BCUT2D eigenvalue weighted by atomic mass is 10.3. The van der Waals surface area contributed by atoms with Crippen LogP contribution in [-0.4, -0.2) is 30.8 Å². The minimum atomic E-state index is -0.840. The molecule has 0 heterocycles. The Hall–Kier alpha value is -2.18. The third-order valence-electron chi connectivity index (χ3n) is 3.19. The summed E-state index contributed by atoms with van der Waals surface area (Å²) in [5.41, 5.74) is 0.682. The predicted octanol–water partition coefficient (Wildman–Crippen LogP) is 4.01. The molecule has 0 spiro atoms. The molecule has 0 aliphatic carbocycles. The van der Waals surface area contributed by atoms with Crippen LogP contribution in [0.25, 0.3) is 0 Å². The van der Waals surface area contributed by atoms with Crippen LogP contribution in [0.15, 0.2) is 53.4 Å². The molecule has 1 N–H and O–H groups in total. The van der Waals surface area contributed by atoms with Crippen LogP contribution in [-0.2, 0) is 14.3 Å². The van der Waals surface area contributed by atoms with Gasteiger partial charge in [0.05, 0.1) is 5.69 Å². The molecule has 0 bridgehead atoms. The minimum Gasteiger partial charge on any atom is -0.479 e. The molecule has 5 nitrogen and oxygen atoms in total. The van der Waals surface area contributed by atoms with Crippen molar-refractivity contribution in [3.63, 3.8) is 0 Å². The molecule has 2 aromatic rings. The molecule has 1 atom stereocenters. The Balaban J connectivity index is 1.82. The molecule has 25 heavy (non-hydrogen) atoms. The molecule has 7 heteroatoms. The maximum absolute atomic E-state index is 12.0. The monoisotopic (exact) mass is 379 g/mol. The molecule has 0 aliphatic heterocycles. The van der Waals surface area contributed by atoms with E-state index < -0.39 is 18.0 Å². The van der Waals surface area contributed by atoms with Crippen LogP contribution >= 0.6 is 23.4 Å². The first-order valence-corrected chi connectivity index (χ1v) is 9.11. The highest BCUT2D eigenvalue weighted by atomic mass is 35.5. The first-order valence-electron chi connectivity index (χ1n) is 7.51. The van der Waals surface area contributed by atoms with Crippen molar-refractivity contribution >= 4 is 40.9 Å². The molecule has 0 fully saturated rings. The van der Waals surface area contributed by atoms with E-state index >= 15 is 0 Å². The number of rotatable bonds is 7. The molecular weight excluding hydrogens is 362 g/mol. The zero-order chi connectivity index (χ0) is 18.2. The van der Waals surface area contributed by atoms with Crippen LogP contribution in [0.3, 0.4) is 0 Å². The summed E-state index contributed by atoms with van der Waals surface area (Å²) in [5, 5.41) is 3.29. The number of benzene rings is 2. The van der Waals surface area contributed by atoms with Gasteiger partial charge in [-0.25, -0.2) is 4.79 Å². The predicted molar refractivity (Wildman–Crippen MR) is 99.4 cm³/mol. The lowest BCUT2D eigenvalue weighted by Crippen LogP contribution is -2.29. The van der Waals surface area contributed by atoms with Crippen LogP contribution in [0.1, 0.15) is 6.92 Å². The fourth-order valence-electron chi connectivity index (χ4n) is 1.95. The average molecular weight is 380 g/mol. The Labute approximate surface area is 155 Å². The number of nitrogens with one attached hydrogen (secondary N) is 1. The molecule has 2 aromatic carbocycles. The highest BCUT2D eigenvalue weighted by Crippen LogP contribution is 2.24. The number of ether oxygens (including phenoxy) is 2. The topological polar surface area (TPSA) is 64.6 Å². The number of thioether (sulfide) groups is 1. The number of hydrogen-bond acceptors (Lipinski definition) is 5. The van der Waals surface area contributed by atoms with Crippen LogP contribution in [0.4, 0.5) is 5.69 Å². The van der Waals surface area contributed by atoms with Gasteiger partial charge < -0.3 is 14.8 Å². The Morgan fingerprint density at radius 2 is 1.84 bits per heavy atom. The molecule has 0 aliphatic rings. The normalized spacial score (nSPS) is 11.5. The molecular formula is C18H18ClNO4S. The maximum atomic E-state index is 12.0. The summed E-state index contributed by atoms with van der Waals surface area (Å²) in [6, 6.07) is 14.0. The number of hydrogen-bond donors (Lipinski definition) is 1. The Bertz CT molecular complexity index is 736. The van der Waals surface area contributed by atoms with E-state index in [9.17, 15) is 9.59 Å². The van der Waals surface area contributed by atoms with E-state index in [0.717, 1.165) is 4.90 Å². The summed E-state index contributed by atoms with van der Waals surface area (Å²) in [7, 11) is 0. The number of esters is 1. The number of amides is 1. The van der Waals surface area contributed by atoms with E-state index in [-0.39, 0.29) is 6.61 Å². The number of para-hydroxylation sites is 1. The SMILES string of the molecule is CSc1ccccc1NC(=O)COC(=O)[C@H](C)Oc1ccc(Cl)cc1. The summed E-state index contributed by atoms with van der Waals surface area (Å²) in [5.74, 6) is -0.538. The number of halogens is 1. The van der Waals surface area contributed by atoms with Gasteiger partial charge in [0, 0.05) is 9.92 Å². The third kappa shape index (κ3) is 5.99. The van der Waals surface area contributed by atoms with Crippen molar-refractivity contribution in [3.8, 4) is 5.75 Å². The first kappa shape index (κ1) is 19.1. The molecule has 1 amide bonds. The fraction of sp³-hybridized carbons (Fsp3) is 0.222. The quantitative estimate of drug-likeness (QED) is 0.581. The van der Waals surface area contributed by atoms with Gasteiger partial charge in [0.25, 0.3) is 5.91 Å². The van der Waals surface area contributed by atoms with Gasteiger partial charge in [-0.1, -0.05) is 23.7 Å². The highest BCUT2D eigenvalue weighted by Gasteiger charge is 2.18. The Kier molecular flexibility index (Phi) is 7.16. The van der Waals surface area contributed by atoms with E-state index in [1.807, 2.05) is 24.5 Å². The second-order valence-electron chi connectivity index (χ2n) is 5.07. The molecule has 132 valence electrons. The van der Waals surface area contributed by atoms with Gasteiger partial charge in [-0.15, -0.1) is 11.8 Å². The molecule has 0 saturated heterocycles. The Morgan fingerprint density at radius 3 is 2.52 bits per heavy atom. The van der Waals surface area contributed by atoms with Gasteiger partial charge in [0.2, 0.25) is 0 Å². The largest absolute Gasteiger partial charge is 0.479 e. The third-order valence-corrected chi connectivity index (χ3v) is 4.23.